The van der Waals surface area contributed by atoms with Crippen molar-refractivity contribution in [1.29, 1.82) is 0 Å². The molecule has 0 saturated carbocycles. The van der Waals surface area contributed by atoms with Gasteiger partial charge in [-0.2, -0.15) is 0 Å². The molecule has 0 fully saturated rings. The standard InChI is InChI=1S/C27H45N6/c1-10-30(11-2)24-20-18-22-23(19-21(20)25(28-24)31(12-3)13-4)27(33(16-7)17-8)29(9)26(22)32(14-5)15-6/h18-19H,10-17H2,1-9H3/q+1. The number of hydrogen-bond donors (Lipinski definition) is 0. The van der Waals surface area contributed by atoms with Crippen molar-refractivity contribution in [3.8, 4) is 0 Å². The molecule has 0 radical (unpaired) electrons. The summed E-state index contributed by atoms with van der Waals surface area (Å²) in [6, 6.07) is 4.86. The largest absolute Gasteiger partial charge is 0.358 e. The third-order valence-electron chi connectivity index (χ3n) is 7.22. The monoisotopic (exact) mass is 453 g/mol. The molecule has 0 atom stereocenters. The number of fused-ring (bicyclic) bond motifs is 2. The van der Waals surface area contributed by atoms with Crippen molar-refractivity contribution in [2.75, 3.05) is 62.2 Å². The van der Waals surface area contributed by atoms with Crippen LogP contribution in [0.5, 0.6) is 0 Å². The Labute approximate surface area is 201 Å². The summed E-state index contributed by atoms with van der Waals surface area (Å²) in [6.45, 7) is 25.7. The highest BCUT2D eigenvalue weighted by Gasteiger charge is 2.36. The van der Waals surface area contributed by atoms with E-state index in [0.717, 1.165) is 64.0 Å². The molecule has 3 rings (SSSR count). The molecule has 1 aliphatic heterocycles. The van der Waals surface area contributed by atoms with Crippen LogP contribution in [0.4, 0.5) is 11.6 Å². The van der Waals surface area contributed by atoms with Gasteiger partial charge in [0.1, 0.15) is 11.6 Å². The van der Waals surface area contributed by atoms with Gasteiger partial charge in [0.2, 0.25) is 0 Å². The van der Waals surface area contributed by atoms with Crippen molar-refractivity contribution in [1.82, 2.24) is 9.47 Å². The quantitative estimate of drug-likeness (QED) is 0.485. The van der Waals surface area contributed by atoms with E-state index in [1.54, 1.807) is 0 Å². The molecule has 0 saturated heterocycles. The molecule has 0 amide bonds. The molecule has 0 spiro atoms. The Morgan fingerprint density at radius 2 is 1.09 bits per heavy atom. The van der Waals surface area contributed by atoms with E-state index >= 15 is 0 Å². The molecule has 0 aliphatic carbocycles. The molecular weight excluding hydrogens is 408 g/mol. The fourth-order valence-corrected chi connectivity index (χ4v) is 5.36. The number of aromatic nitrogens is 1. The van der Waals surface area contributed by atoms with Crippen LogP contribution in [0.25, 0.3) is 10.8 Å². The second-order valence-corrected chi connectivity index (χ2v) is 8.60. The molecule has 6 heteroatoms. The predicted molar refractivity (Wildman–Crippen MR) is 145 cm³/mol. The van der Waals surface area contributed by atoms with Crippen LogP contribution in [0, 0.1) is 0 Å². The highest BCUT2D eigenvalue weighted by Crippen LogP contribution is 2.41. The number of nitrogens with zero attached hydrogens (tertiary/aromatic N) is 6. The normalized spacial score (nSPS) is 12.9. The maximum Gasteiger partial charge on any atom is 0.329 e. The maximum atomic E-state index is 5.25. The summed E-state index contributed by atoms with van der Waals surface area (Å²) in [4.78, 5) is 12.6. The Morgan fingerprint density at radius 3 is 1.48 bits per heavy atom. The molecule has 2 heterocycles. The van der Waals surface area contributed by atoms with E-state index in [1.165, 1.54) is 33.5 Å². The summed E-state index contributed by atoms with van der Waals surface area (Å²) in [5, 5.41) is 2.67. The van der Waals surface area contributed by atoms with Crippen molar-refractivity contribution >= 4 is 34.1 Å². The van der Waals surface area contributed by atoms with Gasteiger partial charge in [0.15, 0.2) is 0 Å². The third-order valence-corrected chi connectivity index (χ3v) is 7.22. The maximum absolute atomic E-state index is 5.25. The van der Waals surface area contributed by atoms with Crippen molar-refractivity contribution in [2.45, 2.75) is 55.4 Å². The lowest BCUT2D eigenvalue weighted by atomic mass is 10.0. The Hall–Kier alpha value is -2.50. The Bertz CT molecular complexity index is 1030. The van der Waals surface area contributed by atoms with Crippen LogP contribution in [0.2, 0.25) is 0 Å². The first-order valence-electron chi connectivity index (χ1n) is 13.1. The molecule has 1 aliphatic rings. The lowest BCUT2D eigenvalue weighted by Crippen LogP contribution is -2.30. The second-order valence-electron chi connectivity index (χ2n) is 8.60. The molecule has 1 aromatic heterocycles. The van der Waals surface area contributed by atoms with E-state index in [1.807, 2.05) is 0 Å². The lowest BCUT2D eigenvalue weighted by Gasteiger charge is -2.26. The highest BCUT2D eigenvalue weighted by molar-refractivity contribution is 6.24. The van der Waals surface area contributed by atoms with Gasteiger partial charge in [0.05, 0.1) is 24.2 Å². The van der Waals surface area contributed by atoms with E-state index in [-0.39, 0.29) is 0 Å². The number of anilines is 2. The van der Waals surface area contributed by atoms with Crippen LogP contribution in [-0.2, 0) is 7.05 Å². The number of benzene rings is 1. The summed E-state index contributed by atoms with van der Waals surface area (Å²) in [6.07, 6.45) is 0. The van der Waals surface area contributed by atoms with Gasteiger partial charge in [-0.3, -0.25) is 4.58 Å². The summed E-state index contributed by atoms with van der Waals surface area (Å²) < 4.78 is 4.82. The van der Waals surface area contributed by atoms with Gasteiger partial charge in [0.25, 0.3) is 5.84 Å². The topological polar surface area (TPSA) is 30.0 Å². The van der Waals surface area contributed by atoms with Crippen molar-refractivity contribution < 1.29 is 4.58 Å². The highest BCUT2D eigenvalue weighted by atomic mass is 15.3. The van der Waals surface area contributed by atoms with Gasteiger partial charge in [-0.25, -0.2) is 0 Å². The van der Waals surface area contributed by atoms with Crippen LogP contribution in [0.3, 0.4) is 0 Å². The first kappa shape index (κ1) is 25.1. The summed E-state index contributed by atoms with van der Waals surface area (Å²) in [5.74, 6) is 4.87. The Kier molecular flexibility index (Phi) is 8.09. The van der Waals surface area contributed by atoms with E-state index < -0.39 is 0 Å². The van der Waals surface area contributed by atoms with Crippen LogP contribution >= 0.6 is 0 Å². The molecule has 0 unspecified atom stereocenters. The number of aliphatic imine (C=N–C) groups is 1. The first-order chi connectivity index (χ1) is 15.9. The van der Waals surface area contributed by atoms with Crippen LogP contribution in [0.1, 0.15) is 66.5 Å². The van der Waals surface area contributed by atoms with Crippen LogP contribution in [-0.4, -0.2) is 78.1 Å². The molecule has 33 heavy (non-hydrogen) atoms. The molecule has 6 nitrogen and oxygen atoms in total. The van der Waals surface area contributed by atoms with E-state index in [4.69, 9.17) is 4.99 Å². The molecule has 2 aromatic rings. The minimum Gasteiger partial charge on any atom is -0.358 e. The van der Waals surface area contributed by atoms with Gasteiger partial charge in [-0.1, -0.05) is 0 Å². The zero-order valence-electron chi connectivity index (χ0n) is 22.5. The Morgan fingerprint density at radius 1 is 0.667 bits per heavy atom. The molecule has 0 N–H and O–H groups in total. The summed E-state index contributed by atoms with van der Waals surface area (Å²) in [5.41, 5.74) is 2.55. The summed E-state index contributed by atoms with van der Waals surface area (Å²) >= 11 is 0. The van der Waals surface area contributed by atoms with E-state index in [9.17, 15) is 0 Å². The lowest BCUT2D eigenvalue weighted by molar-refractivity contribution is -0.520. The minimum absolute atomic E-state index is 0.959. The molecular formula is C27H45N6+. The van der Waals surface area contributed by atoms with Gasteiger partial charge in [-0.05, 0) is 72.5 Å². The Balaban J connectivity index is 2.45. The number of rotatable bonds is 10. The average Bonchev–Trinajstić information content (AvgIpc) is 3.32. The zero-order chi connectivity index (χ0) is 24.3. The van der Waals surface area contributed by atoms with E-state index in [0.29, 0.717) is 0 Å². The van der Waals surface area contributed by atoms with Gasteiger partial charge in [0, 0.05) is 57.1 Å². The second kappa shape index (κ2) is 10.6. The smallest absolute Gasteiger partial charge is 0.329 e. The number of amidine groups is 2. The third kappa shape index (κ3) is 4.13. The van der Waals surface area contributed by atoms with Gasteiger partial charge >= 0.3 is 5.84 Å². The fraction of sp³-hybridized carbons (Fsp3) is 0.630. The number of hydrogen-bond acceptors (Lipinski definition) is 3. The first-order valence-corrected chi connectivity index (χ1v) is 13.1. The zero-order valence-corrected chi connectivity index (χ0v) is 22.5. The van der Waals surface area contributed by atoms with Gasteiger partial charge < -0.3 is 19.3 Å². The van der Waals surface area contributed by atoms with Crippen molar-refractivity contribution in [3.05, 3.63) is 23.3 Å². The van der Waals surface area contributed by atoms with Crippen molar-refractivity contribution in [3.63, 3.8) is 0 Å². The van der Waals surface area contributed by atoms with Crippen LogP contribution < -0.4 is 9.80 Å². The predicted octanol–water partition coefficient (Wildman–Crippen LogP) is 4.77. The minimum atomic E-state index is 0.959. The van der Waals surface area contributed by atoms with Crippen LogP contribution in [0.15, 0.2) is 17.1 Å². The average molecular weight is 454 g/mol. The fourth-order valence-electron chi connectivity index (χ4n) is 5.36. The summed E-state index contributed by atoms with van der Waals surface area (Å²) in [7, 11) is 2.24. The molecule has 1 aromatic carbocycles. The SMILES string of the molecule is CCN(CC)C1=NC(=[N+](CC)CC)c2cc3c(N(CC)CC)n(C)c(N(CC)CC)c3cc21. The molecule has 0 bridgehead atoms. The van der Waals surface area contributed by atoms with Gasteiger partial charge in [-0.15, -0.1) is 0 Å². The van der Waals surface area contributed by atoms with E-state index in [2.05, 4.69) is 98.4 Å². The molecule has 182 valence electrons. The van der Waals surface area contributed by atoms with Crippen molar-refractivity contribution in [2.24, 2.45) is 12.0 Å².